The largest absolute Gasteiger partial charge is 0.490 e. The van der Waals surface area contributed by atoms with Crippen LogP contribution in [0, 0.1) is 11.3 Å². The van der Waals surface area contributed by atoms with Crippen molar-refractivity contribution in [3.63, 3.8) is 0 Å². The number of hydrogen-bond acceptors (Lipinski definition) is 7. The molecule has 0 saturated heterocycles. The van der Waals surface area contributed by atoms with E-state index >= 15 is 0 Å². The monoisotopic (exact) mass is 428 g/mol. The zero-order chi connectivity index (χ0) is 22.9. The van der Waals surface area contributed by atoms with Crippen LogP contribution in [0.25, 0.3) is 22.8 Å². The molecule has 0 saturated carbocycles. The molecule has 0 amide bonds. The topological polar surface area (TPSA) is 104 Å². The lowest BCUT2D eigenvalue weighted by Crippen LogP contribution is -2.50. The first-order valence-electron chi connectivity index (χ1n) is 10.9. The molecule has 0 spiro atoms. The van der Waals surface area contributed by atoms with E-state index in [1.807, 2.05) is 47.7 Å². The molecule has 32 heavy (non-hydrogen) atoms. The number of fused-ring (bicyclic) bond motifs is 1. The molecule has 0 fully saturated rings. The molecular formula is C23H26B2N4O3. The van der Waals surface area contributed by atoms with Crippen molar-refractivity contribution < 1.29 is 14.4 Å². The summed E-state index contributed by atoms with van der Waals surface area (Å²) in [6, 6.07) is 13.8. The fourth-order valence-electron chi connectivity index (χ4n) is 4.09. The summed E-state index contributed by atoms with van der Waals surface area (Å²) in [6.07, 6.45) is 1.82. The molecule has 0 radical (unpaired) electrons. The first kappa shape index (κ1) is 22.1. The van der Waals surface area contributed by atoms with Crippen molar-refractivity contribution in [1.82, 2.24) is 15.5 Å². The van der Waals surface area contributed by atoms with E-state index in [4.69, 9.17) is 9.26 Å². The lowest BCUT2D eigenvalue weighted by Gasteiger charge is -2.29. The number of nitrogens with zero attached hydrogens (tertiary/aromatic N) is 3. The number of aliphatic hydroxyl groups is 1. The Balaban J connectivity index is 1.63. The van der Waals surface area contributed by atoms with Gasteiger partial charge in [-0.1, -0.05) is 23.4 Å². The summed E-state index contributed by atoms with van der Waals surface area (Å²) >= 11 is 0. The minimum atomic E-state index is -0.356. The number of hydrogen-bond donors (Lipinski definition) is 2. The molecule has 1 aliphatic rings. The summed E-state index contributed by atoms with van der Waals surface area (Å²) in [4.78, 5) is 4.62. The number of nitrogens with one attached hydrogen (secondary N) is 1. The van der Waals surface area contributed by atoms with Gasteiger partial charge in [-0.15, -0.1) is 0 Å². The molecule has 4 rings (SSSR count). The van der Waals surface area contributed by atoms with Crippen LogP contribution in [0.1, 0.15) is 43.0 Å². The molecule has 2 N–H and O–H groups in total. The molecule has 1 heterocycles. The molecular weight excluding hydrogens is 402 g/mol. The third-order valence-corrected chi connectivity index (χ3v) is 5.61. The average molecular weight is 428 g/mol. The van der Waals surface area contributed by atoms with E-state index in [1.165, 1.54) is 11.1 Å². The van der Waals surface area contributed by atoms with Crippen molar-refractivity contribution >= 4 is 15.7 Å². The molecule has 3 aromatic rings. The van der Waals surface area contributed by atoms with Gasteiger partial charge in [-0.2, -0.15) is 10.2 Å². The van der Waals surface area contributed by atoms with Gasteiger partial charge in [0, 0.05) is 23.8 Å². The van der Waals surface area contributed by atoms with E-state index in [-0.39, 0.29) is 24.1 Å². The number of ether oxygens (including phenoxy) is 1. The Morgan fingerprint density at radius 1 is 1.34 bits per heavy atom. The van der Waals surface area contributed by atoms with Gasteiger partial charge in [0.25, 0.3) is 5.89 Å². The molecule has 7 nitrogen and oxygen atoms in total. The SMILES string of the molecule is BC(B)(CO)N[C@H]1CCc2c(-c3noc(-c4ccc(OC(C)C)c(C#N)c4)n3)cccc21. The van der Waals surface area contributed by atoms with Crippen molar-refractivity contribution in [2.24, 2.45) is 0 Å². The molecule has 1 aromatic heterocycles. The van der Waals surface area contributed by atoms with Crippen molar-refractivity contribution in [3.05, 3.63) is 53.1 Å². The maximum absolute atomic E-state index is 9.62. The van der Waals surface area contributed by atoms with Crippen LogP contribution in [0.3, 0.4) is 0 Å². The normalized spacial score (nSPS) is 15.5. The lowest BCUT2D eigenvalue weighted by molar-refractivity contribution is 0.241. The maximum atomic E-state index is 9.62. The van der Waals surface area contributed by atoms with Gasteiger partial charge in [-0.05, 0) is 61.4 Å². The van der Waals surface area contributed by atoms with Crippen molar-refractivity contribution in [3.8, 4) is 34.7 Å². The van der Waals surface area contributed by atoms with Crippen LogP contribution >= 0.6 is 0 Å². The minimum Gasteiger partial charge on any atom is -0.490 e. The number of rotatable bonds is 7. The molecule has 2 aromatic carbocycles. The van der Waals surface area contributed by atoms with Gasteiger partial charge in [0.2, 0.25) is 5.82 Å². The molecule has 162 valence electrons. The van der Waals surface area contributed by atoms with Crippen LogP contribution in [0.15, 0.2) is 40.9 Å². The standard InChI is InChI=1S/C23H26B2N4O3/c1-13(2)31-20-9-6-14(10-15(20)11-26)22-27-21(29-32-22)18-5-3-4-17-16(18)7-8-19(17)28-23(24,25)12-30/h3-6,9-10,13,19,28,30H,7-8,12,24-25H2,1-2H3/t19-/m0/s1. The van der Waals surface area contributed by atoms with Gasteiger partial charge in [0.05, 0.1) is 11.7 Å². The quantitative estimate of drug-likeness (QED) is 0.551. The Morgan fingerprint density at radius 3 is 2.88 bits per heavy atom. The predicted octanol–water partition coefficient (Wildman–Crippen LogP) is 1.55. The molecule has 0 unspecified atom stereocenters. The molecule has 1 aliphatic carbocycles. The zero-order valence-corrected chi connectivity index (χ0v) is 18.8. The van der Waals surface area contributed by atoms with Crippen LogP contribution in [0.2, 0.25) is 0 Å². The summed E-state index contributed by atoms with van der Waals surface area (Å²) in [6.45, 7) is 3.91. The van der Waals surface area contributed by atoms with Gasteiger partial charge in [-0.3, -0.25) is 0 Å². The second-order valence-corrected chi connectivity index (χ2v) is 9.06. The van der Waals surface area contributed by atoms with Crippen LogP contribution in [0.4, 0.5) is 0 Å². The Hall–Kier alpha value is -3.08. The van der Waals surface area contributed by atoms with Crippen LogP contribution in [0.5, 0.6) is 5.75 Å². The highest BCUT2D eigenvalue weighted by Gasteiger charge is 2.30. The predicted molar refractivity (Wildman–Crippen MR) is 127 cm³/mol. The second kappa shape index (κ2) is 8.81. The highest BCUT2D eigenvalue weighted by molar-refractivity contribution is 6.40. The van der Waals surface area contributed by atoms with Gasteiger partial charge in [0.15, 0.2) is 0 Å². The minimum absolute atomic E-state index is 0.0237. The maximum Gasteiger partial charge on any atom is 0.258 e. The van der Waals surface area contributed by atoms with Gasteiger partial charge >= 0.3 is 0 Å². The summed E-state index contributed by atoms with van der Waals surface area (Å²) in [7, 11) is 3.99. The first-order chi connectivity index (χ1) is 15.3. The molecule has 9 heteroatoms. The van der Waals surface area contributed by atoms with Crippen molar-refractivity contribution in [1.29, 1.82) is 5.26 Å². The number of aromatic nitrogens is 2. The lowest BCUT2D eigenvalue weighted by atomic mass is 9.62. The summed E-state index contributed by atoms with van der Waals surface area (Å²) in [5, 5.41) is 26.5. The van der Waals surface area contributed by atoms with Crippen molar-refractivity contribution in [2.45, 2.75) is 44.2 Å². The Bertz CT molecular complexity index is 1170. The van der Waals surface area contributed by atoms with Gasteiger partial charge in [0.1, 0.15) is 27.5 Å². The van der Waals surface area contributed by atoms with Gasteiger partial charge < -0.3 is 19.7 Å². The summed E-state index contributed by atoms with van der Waals surface area (Å²) < 4.78 is 11.2. The summed E-state index contributed by atoms with van der Waals surface area (Å²) in [5.74, 6) is 1.43. The van der Waals surface area contributed by atoms with Crippen LogP contribution in [-0.2, 0) is 6.42 Å². The van der Waals surface area contributed by atoms with Crippen LogP contribution < -0.4 is 10.1 Å². The van der Waals surface area contributed by atoms with Gasteiger partial charge in [-0.25, -0.2) is 0 Å². The zero-order valence-electron chi connectivity index (χ0n) is 18.8. The summed E-state index contributed by atoms with van der Waals surface area (Å²) in [5.41, 5.74) is 4.45. The average Bonchev–Trinajstić information content (AvgIpc) is 3.41. The smallest absolute Gasteiger partial charge is 0.258 e. The van der Waals surface area contributed by atoms with E-state index in [9.17, 15) is 10.4 Å². The van der Waals surface area contributed by atoms with E-state index in [2.05, 4.69) is 27.6 Å². The Kier molecular flexibility index (Phi) is 6.09. The molecule has 0 aliphatic heterocycles. The number of aliphatic hydroxyl groups excluding tert-OH is 1. The second-order valence-electron chi connectivity index (χ2n) is 9.06. The number of nitriles is 1. The highest BCUT2D eigenvalue weighted by Crippen LogP contribution is 2.38. The fourth-order valence-corrected chi connectivity index (χ4v) is 4.09. The number of benzene rings is 2. The highest BCUT2D eigenvalue weighted by atomic mass is 16.5. The van der Waals surface area contributed by atoms with Crippen molar-refractivity contribution in [2.75, 3.05) is 6.61 Å². The third kappa shape index (κ3) is 4.43. The fraction of sp³-hybridized carbons (Fsp3) is 0.348. The van der Waals surface area contributed by atoms with E-state index in [1.54, 1.807) is 12.1 Å². The Labute approximate surface area is 189 Å². The van der Waals surface area contributed by atoms with Crippen LogP contribution in [-0.4, -0.2) is 49.0 Å². The van der Waals surface area contributed by atoms with E-state index in [0.717, 1.165) is 18.4 Å². The molecule has 0 bridgehead atoms. The Morgan fingerprint density at radius 2 is 2.16 bits per heavy atom. The van der Waals surface area contributed by atoms with E-state index < -0.39 is 0 Å². The first-order valence-corrected chi connectivity index (χ1v) is 10.9. The van der Waals surface area contributed by atoms with E-state index in [0.29, 0.717) is 28.6 Å². The molecule has 1 atom stereocenters. The third-order valence-electron chi connectivity index (χ3n) is 5.61.